The number of aromatic nitrogens is 2. The molecule has 2 rings (SSSR count). The van der Waals surface area contributed by atoms with Crippen LogP contribution in [0.1, 0.15) is 54.7 Å². The first-order valence-corrected chi connectivity index (χ1v) is 7.23. The predicted molar refractivity (Wildman–Crippen MR) is 78.1 cm³/mol. The molecule has 5 heteroatoms. The van der Waals surface area contributed by atoms with E-state index >= 15 is 0 Å². The molecule has 5 nitrogen and oxygen atoms in total. The van der Waals surface area contributed by atoms with Crippen molar-refractivity contribution in [2.75, 3.05) is 5.32 Å². The summed E-state index contributed by atoms with van der Waals surface area (Å²) in [6, 6.07) is 0.278. The highest BCUT2D eigenvalue weighted by molar-refractivity contribution is 5.94. The third-order valence-corrected chi connectivity index (χ3v) is 4.42. The molecule has 1 fully saturated rings. The van der Waals surface area contributed by atoms with Crippen molar-refractivity contribution in [3.05, 3.63) is 16.8 Å². The van der Waals surface area contributed by atoms with E-state index in [4.69, 9.17) is 0 Å². The molecule has 1 saturated carbocycles. The van der Waals surface area contributed by atoms with E-state index in [1.165, 1.54) is 12.8 Å². The van der Waals surface area contributed by atoms with Crippen molar-refractivity contribution >= 4 is 11.8 Å². The third-order valence-electron chi connectivity index (χ3n) is 4.42. The van der Waals surface area contributed by atoms with Crippen LogP contribution < -0.4 is 5.32 Å². The van der Waals surface area contributed by atoms with Gasteiger partial charge in [-0.2, -0.15) is 5.10 Å². The minimum absolute atomic E-state index is 0.253. The number of hydrogen-bond acceptors (Lipinski definition) is 4. The van der Waals surface area contributed by atoms with E-state index < -0.39 is 5.97 Å². The van der Waals surface area contributed by atoms with Crippen LogP contribution in [-0.2, 0) is 0 Å². The molecule has 0 aliphatic heterocycles. The molecule has 1 heterocycles. The standard InChI is InChI=1S/C15H23N3O2/c1-8-5-6-12(9(2)7-8)16-14-13(15(19)20)10(3)11(4)17-18-14/h8-9,12H,5-7H2,1-4H3,(H,16,18)(H,19,20). The van der Waals surface area contributed by atoms with E-state index in [1.54, 1.807) is 13.8 Å². The highest BCUT2D eigenvalue weighted by Crippen LogP contribution is 2.31. The van der Waals surface area contributed by atoms with Gasteiger partial charge in [-0.25, -0.2) is 4.79 Å². The van der Waals surface area contributed by atoms with E-state index in [9.17, 15) is 9.90 Å². The van der Waals surface area contributed by atoms with E-state index in [1.807, 2.05) is 0 Å². The number of carboxylic acid groups (broad SMARTS) is 1. The maximum atomic E-state index is 11.5. The van der Waals surface area contributed by atoms with E-state index in [2.05, 4.69) is 29.4 Å². The average molecular weight is 277 g/mol. The number of nitrogens with one attached hydrogen (secondary N) is 1. The van der Waals surface area contributed by atoms with Crippen molar-refractivity contribution in [3.8, 4) is 0 Å². The molecule has 0 aromatic carbocycles. The number of anilines is 1. The number of nitrogens with zero attached hydrogens (tertiary/aromatic N) is 2. The molecule has 3 atom stereocenters. The molecule has 0 bridgehead atoms. The van der Waals surface area contributed by atoms with Crippen LogP contribution >= 0.6 is 0 Å². The Kier molecular flexibility index (Phi) is 4.26. The maximum absolute atomic E-state index is 11.5. The van der Waals surface area contributed by atoms with Crippen LogP contribution in [0.2, 0.25) is 0 Å². The lowest BCUT2D eigenvalue weighted by Crippen LogP contribution is -2.34. The van der Waals surface area contributed by atoms with Crippen LogP contribution in [0, 0.1) is 25.7 Å². The molecular formula is C15H23N3O2. The second kappa shape index (κ2) is 5.77. The monoisotopic (exact) mass is 277 g/mol. The Morgan fingerprint density at radius 2 is 1.95 bits per heavy atom. The third kappa shape index (κ3) is 2.92. The van der Waals surface area contributed by atoms with Gasteiger partial charge < -0.3 is 10.4 Å². The van der Waals surface area contributed by atoms with Crippen molar-refractivity contribution in [2.45, 2.75) is 53.0 Å². The number of hydrogen-bond donors (Lipinski definition) is 2. The molecule has 2 N–H and O–H groups in total. The molecule has 1 aromatic heterocycles. The van der Waals surface area contributed by atoms with Gasteiger partial charge in [-0.05, 0) is 50.5 Å². The van der Waals surface area contributed by atoms with E-state index in [0.717, 1.165) is 12.3 Å². The number of aromatic carboxylic acids is 1. The summed E-state index contributed by atoms with van der Waals surface area (Å²) < 4.78 is 0. The molecule has 20 heavy (non-hydrogen) atoms. The van der Waals surface area contributed by atoms with Gasteiger partial charge in [0.15, 0.2) is 5.82 Å². The quantitative estimate of drug-likeness (QED) is 0.888. The van der Waals surface area contributed by atoms with Crippen molar-refractivity contribution in [1.29, 1.82) is 0 Å². The van der Waals surface area contributed by atoms with Crippen molar-refractivity contribution in [3.63, 3.8) is 0 Å². The Labute approximate surface area is 119 Å². The van der Waals surface area contributed by atoms with Gasteiger partial charge in [-0.15, -0.1) is 5.10 Å². The average Bonchev–Trinajstić information content (AvgIpc) is 2.36. The minimum atomic E-state index is -0.945. The first kappa shape index (κ1) is 14.8. The predicted octanol–water partition coefficient (Wildman–Crippen LogP) is 3.03. The topological polar surface area (TPSA) is 75.1 Å². The first-order valence-electron chi connectivity index (χ1n) is 7.23. The summed E-state index contributed by atoms with van der Waals surface area (Å²) in [5.41, 5.74) is 1.61. The summed E-state index contributed by atoms with van der Waals surface area (Å²) in [7, 11) is 0. The van der Waals surface area contributed by atoms with Crippen LogP contribution in [0.3, 0.4) is 0 Å². The normalized spacial score (nSPS) is 26.3. The summed E-state index contributed by atoms with van der Waals surface area (Å²) in [6.45, 7) is 8.04. The van der Waals surface area contributed by atoms with Gasteiger partial charge >= 0.3 is 5.97 Å². The molecule has 3 unspecified atom stereocenters. The highest BCUT2D eigenvalue weighted by Gasteiger charge is 2.27. The highest BCUT2D eigenvalue weighted by atomic mass is 16.4. The van der Waals surface area contributed by atoms with Crippen LogP contribution in [0.5, 0.6) is 0 Å². The molecule has 1 aliphatic carbocycles. The lowest BCUT2D eigenvalue weighted by Gasteiger charge is -2.33. The van der Waals surface area contributed by atoms with Gasteiger partial charge in [-0.3, -0.25) is 0 Å². The fraction of sp³-hybridized carbons (Fsp3) is 0.667. The van der Waals surface area contributed by atoms with Crippen molar-refractivity contribution in [1.82, 2.24) is 10.2 Å². The largest absolute Gasteiger partial charge is 0.478 e. The van der Waals surface area contributed by atoms with Crippen molar-refractivity contribution in [2.24, 2.45) is 11.8 Å². The summed E-state index contributed by atoms with van der Waals surface area (Å²) in [5, 5.41) is 20.8. The zero-order valence-corrected chi connectivity index (χ0v) is 12.6. The number of carboxylic acids is 1. The van der Waals surface area contributed by atoms with Crippen molar-refractivity contribution < 1.29 is 9.90 Å². The Bertz CT molecular complexity index is 516. The van der Waals surface area contributed by atoms with Crippen LogP contribution in [-0.4, -0.2) is 27.3 Å². The van der Waals surface area contributed by atoms with Crippen LogP contribution in [0.25, 0.3) is 0 Å². The van der Waals surface area contributed by atoms with Gasteiger partial charge in [0.05, 0.1) is 5.69 Å². The molecule has 0 amide bonds. The SMILES string of the molecule is Cc1nnc(NC2CCC(C)CC2C)c(C(=O)O)c1C. The zero-order valence-electron chi connectivity index (χ0n) is 12.6. The Hall–Kier alpha value is -1.65. The summed E-state index contributed by atoms with van der Waals surface area (Å²) in [4.78, 5) is 11.5. The zero-order chi connectivity index (χ0) is 14.9. The molecule has 1 aromatic rings. The Morgan fingerprint density at radius 3 is 2.55 bits per heavy atom. The summed E-state index contributed by atoms with van der Waals surface area (Å²) in [5.74, 6) is 0.725. The number of carbonyl (C=O) groups is 1. The number of rotatable bonds is 3. The lowest BCUT2D eigenvalue weighted by molar-refractivity contribution is 0.0696. The first-order chi connectivity index (χ1) is 9.40. The van der Waals surface area contributed by atoms with Crippen LogP contribution in [0.4, 0.5) is 5.82 Å². The summed E-state index contributed by atoms with van der Waals surface area (Å²) >= 11 is 0. The van der Waals surface area contributed by atoms with Crippen LogP contribution in [0.15, 0.2) is 0 Å². The van der Waals surface area contributed by atoms with Gasteiger partial charge in [0, 0.05) is 6.04 Å². The Balaban J connectivity index is 2.25. The molecule has 110 valence electrons. The maximum Gasteiger partial charge on any atom is 0.339 e. The second-order valence-electron chi connectivity index (χ2n) is 6.09. The van der Waals surface area contributed by atoms with Gasteiger partial charge in [0.2, 0.25) is 0 Å². The number of aryl methyl sites for hydroxylation is 1. The van der Waals surface area contributed by atoms with Gasteiger partial charge in [-0.1, -0.05) is 13.8 Å². The minimum Gasteiger partial charge on any atom is -0.478 e. The smallest absolute Gasteiger partial charge is 0.339 e. The molecule has 0 saturated heterocycles. The van der Waals surface area contributed by atoms with Gasteiger partial charge in [0.1, 0.15) is 5.56 Å². The lowest BCUT2D eigenvalue weighted by atomic mass is 9.80. The fourth-order valence-electron chi connectivity index (χ4n) is 3.03. The fourth-order valence-corrected chi connectivity index (χ4v) is 3.03. The molecule has 0 radical (unpaired) electrons. The van der Waals surface area contributed by atoms with Gasteiger partial charge in [0.25, 0.3) is 0 Å². The van der Waals surface area contributed by atoms with E-state index in [0.29, 0.717) is 23.0 Å². The molecule has 1 aliphatic rings. The summed E-state index contributed by atoms with van der Waals surface area (Å²) in [6.07, 6.45) is 3.39. The molecule has 0 spiro atoms. The second-order valence-corrected chi connectivity index (χ2v) is 6.09. The molecular weight excluding hydrogens is 254 g/mol. The Morgan fingerprint density at radius 1 is 1.25 bits per heavy atom. The van der Waals surface area contributed by atoms with E-state index in [-0.39, 0.29) is 11.6 Å².